The van der Waals surface area contributed by atoms with Gasteiger partial charge in [0.25, 0.3) is 0 Å². The minimum atomic E-state index is 0. The molecule has 0 amide bonds. The summed E-state index contributed by atoms with van der Waals surface area (Å²) in [4.78, 5) is 6.37. The Hall–Kier alpha value is -1.35. The standard InChI is InChI=1S/C16H23ClN6.HI/c1-4-15-21-20-12-23(15)10-9-19-16(18-2)22(3)11-13-7-5-6-8-14(13)17;/h5-8,12H,4,9-11H2,1-3H3,(H,18,19);1H. The van der Waals surface area contributed by atoms with E-state index in [1.807, 2.05) is 40.8 Å². The summed E-state index contributed by atoms with van der Waals surface area (Å²) in [5, 5.41) is 12.1. The molecule has 0 aliphatic heterocycles. The Morgan fingerprint density at radius 2 is 2.12 bits per heavy atom. The van der Waals surface area contributed by atoms with Crippen molar-refractivity contribution < 1.29 is 0 Å². The fourth-order valence-corrected chi connectivity index (χ4v) is 2.56. The number of hydrogen-bond acceptors (Lipinski definition) is 3. The molecule has 0 saturated heterocycles. The van der Waals surface area contributed by atoms with Gasteiger partial charge in [-0.25, -0.2) is 0 Å². The first-order valence-electron chi connectivity index (χ1n) is 7.67. The highest BCUT2D eigenvalue weighted by Crippen LogP contribution is 2.16. The molecule has 132 valence electrons. The zero-order valence-electron chi connectivity index (χ0n) is 14.2. The lowest BCUT2D eigenvalue weighted by atomic mass is 10.2. The maximum absolute atomic E-state index is 6.22. The minimum Gasteiger partial charge on any atom is -0.354 e. The van der Waals surface area contributed by atoms with Gasteiger partial charge in [0.2, 0.25) is 0 Å². The fraction of sp³-hybridized carbons (Fsp3) is 0.438. The average Bonchev–Trinajstić information content (AvgIpc) is 3.01. The number of rotatable bonds is 6. The maximum atomic E-state index is 6.22. The van der Waals surface area contributed by atoms with Crippen LogP contribution in [0.5, 0.6) is 0 Å². The summed E-state index contributed by atoms with van der Waals surface area (Å²) in [5.41, 5.74) is 1.08. The number of hydrogen-bond donors (Lipinski definition) is 1. The van der Waals surface area contributed by atoms with E-state index in [2.05, 4.69) is 27.4 Å². The van der Waals surface area contributed by atoms with Crippen LogP contribution in [-0.2, 0) is 19.5 Å². The van der Waals surface area contributed by atoms with Gasteiger partial charge in [-0.3, -0.25) is 4.99 Å². The first kappa shape index (κ1) is 20.7. The maximum Gasteiger partial charge on any atom is 0.193 e. The molecule has 0 fully saturated rings. The number of aliphatic imine (C=N–C) groups is 1. The molecule has 0 spiro atoms. The minimum absolute atomic E-state index is 0. The summed E-state index contributed by atoms with van der Waals surface area (Å²) in [5.74, 6) is 1.82. The molecule has 0 aliphatic rings. The molecule has 1 N–H and O–H groups in total. The molecule has 1 aromatic heterocycles. The van der Waals surface area contributed by atoms with Gasteiger partial charge in [-0.05, 0) is 11.6 Å². The van der Waals surface area contributed by atoms with Crippen LogP contribution >= 0.6 is 35.6 Å². The second kappa shape index (κ2) is 10.5. The van der Waals surface area contributed by atoms with Crippen molar-refractivity contribution in [1.82, 2.24) is 25.0 Å². The summed E-state index contributed by atoms with van der Waals surface area (Å²) >= 11 is 6.22. The largest absolute Gasteiger partial charge is 0.354 e. The van der Waals surface area contributed by atoms with Gasteiger partial charge in [0.15, 0.2) is 5.96 Å². The van der Waals surface area contributed by atoms with E-state index >= 15 is 0 Å². The summed E-state index contributed by atoms with van der Waals surface area (Å²) in [6.07, 6.45) is 2.64. The highest BCUT2D eigenvalue weighted by atomic mass is 127. The van der Waals surface area contributed by atoms with E-state index in [1.165, 1.54) is 0 Å². The van der Waals surface area contributed by atoms with E-state index in [-0.39, 0.29) is 24.0 Å². The fourth-order valence-electron chi connectivity index (χ4n) is 2.37. The molecule has 24 heavy (non-hydrogen) atoms. The van der Waals surface area contributed by atoms with E-state index in [0.717, 1.165) is 41.9 Å². The van der Waals surface area contributed by atoms with E-state index < -0.39 is 0 Å². The molecule has 8 heteroatoms. The van der Waals surface area contributed by atoms with E-state index in [1.54, 1.807) is 13.4 Å². The Morgan fingerprint density at radius 3 is 2.79 bits per heavy atom. The van der Waals surface area contributed by atoms with Gasteiger partial charge in [0, 0.05) is 45.2 Å². The van der Waals surface area contributed by atoms with Gasteiger partial charge >= 0.3 is 0 Å². The SMILES string of the molecule is CCc1nncn1CCNC(=NC)N(C)Cc1ccccc1Cl.I. The summed E-state index contributed by atoms with van der Waals surface area (Å²) < 4.78 is 2.05. The van der Waals surface area contributed by atoms with Crippen LogP contribution in [0.25, 0.3) is 0 Å². The van der Waals surface area contributed by atoms with Gasteiger partial charge < -0.3 is 14.8 Å². The second-order valence-electron chi connectivity index (χ2n) is 5.22. The molecule has 2 aromatic rings. The average molecular weight is 463 g/mol. The normalized spacial score (nSPS) is 11.1. The van der Waals surface area contributed by atoms with Crippen LogP contribution < -0.4 is 5.32 Å². The molecule has 0 radical (unpaired) electrons. The Morgan fingerprint density at radius 1 is 1.38 bits per heavy atom. The van der Waals surface area contributed by atoms with Crippen LogP contribution in [0.3, 0.4) is 0 Å². The smallest absolute Gasteiger partial charge is 0.193 e. The third kappa shape index (κ3) is 5.62. The lowest BCUT2D eigenvalue weighted by Gasteiger charge is -2.22. The topological polar surface area (TPSA) is 58.3 Å². The van der Waals surface area contributed by atoms with Gasteiger partial charge in [-0.2, -0.15) is 0 Å². The third-order valence-electron chi connectivity index (χ3n) is 3.59. The number of halogens is 2. The van der Waals surface area contributed by atoms with Crippen LogP contribution in [0.1, 0.15) is 18.3 Å². The molecule has 0 bridgehead atoms. The predicted molar refractivity (Wildman–Crippen MR) is 109 cm³/mol. The number of nitrogens with zero attached hydrogens (tertiary/aromatic N) is 5. The quantitative estimate of drug-likeness (QED) is 0.407. The molecule has 0 saturated carbocycles. The van der Waals surface area contributed by atoms with Crippen molar-refractivity contribution in [1.29, 1.82) is 0 Å². The number of guanidine groups is 1. The van der Waals surface area contributed by atoms with E-state index in [0.29, 0.717) is 6.54 Å². The molecule has 0 unspecified atom stereocenters. The zero-order chi connectivity index (χ0) is 16.7. The Bertz CT molecular complexity index is 658. The van der Waals surface area contributed by atoms with Crippen LogP contribution in [0, 0.1) is 0 Å². The Balaban J connectivity index is 0.00000288. The van der Waals surface area contributed by atoms with Crippen molar-refractivity contribution in [3.63, 3.8) is 0 Å². The van der Waals surface area contributed by atoms with Crippen molar-refractivity contribution >= 4 is 41.5 Å². The second-order valence-corrected chi connectivity index (χ2v) is 5.62. The van der Waals surface area contributed by atoms with Crippen LogP contribution in [0.15, 0.2) is 35.6 Å². The predicted octanol–water partition coefficient (Wildman–Crippen LogP) is 2.82. The van der Waals surface area contributed by atoms with Crippen LogP contribution in [0.4, 0.5) is 0 Å². The van der Waals surface area contributed by atoms with Gasteiger partial charge in [0.05, 0.1) is 0 Å². The van der Waals surface area contributed by atoms with Crippen LogP contribution in [-0.4, -0.2) is 46.3 Å². The van der Waals surface area contributed by atoms with Gasteiger partial charge in [-0.15, -0.1) is 34.2 Å². The highest BCUT2D eigenvalue weighted by molar-refractivity contribution is 14.0. The molecular formula is C16H24ClIN6. The van der Waals surface area contributed by atoms with Gasteiger partial charge in [-0.1, -0.05) is 36.7 Å². The van der Waals surface area contributed by atoms with Crippen LogP contribution in [0.2, 0.25) is 5.02 Å². The monoisotopic (exact) mass is 462 g/mol. The van der Waals surface area contributed by atoms with Crippen molar-refractivity contribution in [3.05, 3.63) is 47.0 Å². The first-order chi connectivity index (χ1) is 11.2. The van der Waals surface area contributed by atoms with Crippen molar-refractivity contribution in [2.75, 3.05) is 20.6 Å². The third-order valence-corrected chi connectivity index (χ3v) is 3.96. The first-order valence-corrected chi connectivity index (χ1v) is 8.05. The summed E-state index contributed by atoms with van der Waals surface area (Å²) in [7, 11) is 3.77. The zero-order valence-corrected chi connectivity index (χ0v) is 17.3. The lowest BCUT2D eigenvalue weighted by Crippen LogP contribution is -2.39. The van der Waals surface area contributed by atoms with Crippen molar-refractivity contribution in [2.45, 2.75) is 26.4 Å². The number of aryl methyl sites for hydroxylation is 1. The Kier molecular flexibility index (Phi) is 9.05. The molecule has 1 aromatic carbocycles. The summed E-state index contributed by atoms with van der Waals surface area (Å²) in [6.45, 7) is 4.33. The number of benzene rings is 1. The highest BCUT2D eigenvalue weighted by Gasteiger charge is 2.09. The van der Waals surface area contributed by atoms with Gasteiger partial charge in [0.1, 0.15) is 12.2 Å². The molecule has 2 rings (SSSR count). The van der Waals surface area contributed by atoms with Crippen molar-refractivity contribution in [2.24, 2.45) is 4.99 Å². The summed E-state index contributed by atoms with van der Waals surface area (Å²) in [6, 6.07) is 7.85. The number of nitrogens with one attached hydrogen (secondary N) is 1. The Labute approximate surface area is 165 Å². The molecule has 0 atom stereocenters. The number of aromatic nitrogens is 3. The molecular weight excluding hydrogens is 439 g/mol. The molecule has 6 nitrogen and oxygen atoms in total. The molecule has 0 aliphatic carbocycles. The van der Waals surface area contributed by atoms with E-state index in [9.17, 15) is 0 Å². The van der Waals surface area contributed by atoms with Crippen molar-refractivity contribution in [3.8, 4) is 0 Å². The lowest BCUT2D eigenvalue weighted by molar-refractivity contribution is 0.472. The molecule has 1 heterocycles. The van der Waals surface area contributed by atoms with E-state index in [4.69, 9.17) is 11.6 Å².